The third-order valence-corrected chi connectivity index (χ3v) is 2.05. The lowest BCUT2D eigenvalue weighted by molar-refractivity contribution is 0.0923. The molecule has 0 spiro atoms. The molecule has 1 rings (SSSR count). The van der Waals surface area contributed by atoms with Gasteiger partial charge in [-0.1, -0.05) is 11.6 Å². The van der Waals surface area contributed by atoms with E-state index in [9.17, 15) is 9.18 Å². The molecule has 0 heterocycles. The zero-order chi connectivity index (χ0) is 11.4. The summed E-state index contributed by atoms with van der Waals surface area (Å²) in [6.45, 7) is 1.67. The maximum Gasteiger partial charge on any atom is 0.251 e. The topological polar surface area (TPSA) is 49.3 Å². The zero-order valence-electron chi connectivity index (χ0n) is 8.13. The Morgan fingerprint density at radius 1 is 1.67 bits per heavy atom. The van der Waals surface area contributed by atoms with Crippen molar-refractivity contribution in [3.05, 3.63) is 34.6 Å². The number of hydrogen-bond acceptors (Lipinski definition) is 2. The second-order valence-electron chi connectivity index (χ2n) is 3.19. The molecule has 0 radical (unpaired) electrons. The summed E-state index contributed by atoms with van der Waals surface area (Å²) in [4.78, 5) is 11.4. The number of carbonyl (C=O) groups is 1. The van der Waals surface area contributed by atoms with Crippen molar-refractivity contribution in [1.82, 2.24) is 5.32 Å². The summed E-state index contributed by atoms with van der Waals surface area (Å²) in [6, 6.07) is 3.79. The third-order valence-electron chi connectivity index (χ3n) is 1.74. The molecule has 0 bridgehead atoms. The SMILES string of the molecule is CC(O)CNC(=O)c1ccc(Cl)c(F)c1. The Kier molecular flexibility index (Phi) is 4.05. The number of carbonyl (C=O) groups excluding carboxylic acids is 1. The van der Waals surface area contributed by atoms with E-state index in [1.807, 2.05) is 0 Å². The smallest absolute Gasteiger partial charge is 0.251 e. The van der Waals surface area contributed by atoms with Gasteiger partial charge in [-0.15, -0.1) is 0 Å². The molecule has 0 aromatic heterocycles. The summed E-state index contributed by atoms with van der Waals surface area (Å²) in [5, 5.41) is 11.4. The van der Waals surface area contributed by atoms with Crippen molar-refractivity contribution >= 4 is 17.5 Å². The summed E-state index contributed by atoms with van der Waals surface area (Å²) in [6.07, 6.45) is -0.633. The molecular weight excluding hydrogens is 221 g/mol. The normalized spacial score (nSPS) is 12.3. The van der Waals surface area contributed by atoms with Crippen molar-refractivity contribution in [2.24, 2.45) is 0 Å². The first-order chi connectivity index (χ1) is 7.00. The molecule has 1 aromatic carbocycles. The van der Waals surface area contributed by atoms with Crippen LogP contribution in [0.1, 0.15) is 17.3 Å². The molecule has 0 aliphatic heterocycles. The van der Waals surface area contributed by atoms with E-state index in [-0.39, 0.29) is 17.1 Å². The minimum absolute atomic E-state index is 0.0259. The molecule has 1 aromatic rings. The average molecular weight is 232 g/mol. The fraction of sp³-hybridized carbons (Fsp3) is 0.300. The van der Waals surface area contributed by atoms with Crippen molar-refractivity contribution in [3.8, 4) is 0 Å². The molecule has 15 heavy (non-hydrogen) atoms. The molecule has 0 saturated heterocycles. The van der Waals surface area contributed by atoms with Gasteiger partial charge in [-0.05, 0) is 25.1 Å². The number of amides is 1. The lowest BCUT2D eigenvalue weighted by atomic mass is 10.2. The van der Waals surface area contributed by atoms with Crippen LogP contribution < -0.4 is 5.32 Å². The molecule has 0 saturated carbocycles. The highest BCUT2D eigenvalue weighted by atomic mass is 35.5. The second-order valence-corrected chi connectivity index (χ2v) is 3.60. The Labute approximate surface area is 91.9 Å². The fourth-order valence-corrected chi connectivity index (χ4v) is 1.10. The minimum atomic E-state index is -0.638. The number of aliphatic hydroxyl groups excluding tert-OH is 1. The third kappa shape index (κ3) is 3.49. The molecular formula is C10H11ClFNO2. The van der Waals surface area contributed by atoms with E-state index < -0.39 is 17.8 Å². The van der Waals surface area contributed by atoms with Gasteiger partial charge in [-0.25, -0.2) is 4.39 Å². The predicted octanol–water partition coefficient (Wildman–Crippen LogP) is 1.59. The largest absolute Gasteiger partial charge is 0.392 e. The van der Waals surface area contributed by atoms with Gasteiger partial charge in [0, 0.05) is 12.1 Å². The average Bonchev–Trinajstić information content (AvgIpc) is 2.18. The van der Waals surface area contributed by atoms with E-state index in [2.05, 4.69) is 5.32 Å². The van der Waals surface area contributed by atoms with Crippen molar-refractivity contribution in [3.63, 3.8) is 0 Å². The van der Waals surface area contributed by atoms with Crippen LogP contribution in [0.4, 0.5) is 4.39 Å². The van der Waals surface area contributed by atoms with Crippen molar-refractivity contribution in [1.29, 1.82) is 0 Å². The van der Waals surface area contributed by atoms with E-state index in [4.69, 9.17) is 16.7 Å². The Balaban J connectivity index is 2.70. The van der Waals surface area contributed by atoms with Gasteiger partial charge in [-0.3, -0.25) is 4.79 Å². The van der Waals surface area contributed by atoms with E-state index in [1.165, 1.54) is 12.1 Å². The van der Waals surface area contributed by atoms with Gasteiger partial charge >= 0.3 is 0 Å². The molecule has 5 heteroatoms. The maximum absolute atomic E-state index is 13.0. The molecule has 1 unspecified atom stereocenters. The summed E-state index contributed by atoms with van der Waals surface area (Å²) in [7, 11) is 0. The summed E-state index contributed by atoms with van der Waals surface area (Å²) in [5.41, 5.74) is 0.178. The number of nitrogens with one attached hydrogen (secondary N) is 1. The van der Waals surface area contributed by atoms with Crippen LogP contribution in [0, 0.1) is 5.82 Å². The highest BCUT2D eigenvalue weighted by molar-refractivity contribution is 6.30. The van der Waals surface area contributed by atoms with Gasteiger partial charge in [0.05, 0.1) is 11.1 Å². The first-order valence-corrected chi connectivity index (χ1v) is 4.80. The number of rotatable bonds is 3. The van der Waals surface area contributed by atoms with Crippen LogP contribution in [0.15, 0.2) is 18.2 Å². The lowest BCUT2D eigenvalue weighted by Gasteiger charge is -2.07. The maximum atomic E-state index is 13.0. The highest BCUT2D eigenvalue weighted by Gasteiger charge is 2.08. The van der Waals surface area contributed by atoms with Crippen molar-refractivity contribution < 1.29 is 14.3 Å². The van der Waals surface area contributed by atoms with E-state index >= 15 is 0 Å². The molecule has 0 aliphatic carbocycles. The van der Waals surface area contributed by atoms with Gasteiger partial charge in [0.15, 0.2) is 0 Å². The van der Waals surface area contributed by atoms with Crippen LogP contribution in [0.2, 0.25) is 5.02 Å². The fourth-order valence-electron chi connectivity index (χ4n) is 0.980. The standard InChI is InChI=1S/C10H11ClFNO2/c1-6(14)5-13-10(15)7-2-3-8(11)9(12)4-7/h2-4,6,14H,5H2,1H3,(H,13,15). The van der Waals surface area contributed by atoms with Gasteiger partial charge in [0.2, 0.25) is 0 Å². The number of hydrogen-bond donors (Lipinski definition) is 2. The minimum Gasteiger partial charge on any atom is -0.392 e. The number of halogens is 2. The zero-order valence-corrected chi connectivity index (χ0v) is 8.88. The van der Waals surface area contributed by atoms with Crippen LogP contribution >= 0.6 is 11.6 Å². The molecule has 3 nitrogen and oxygen atoms in total. The summed E-state index contributed by atoms with van der Waals surface area (Å²) >= 11 is 5.47. The summed E-state index contributed by atoms with van der Waals surface area (Å²) in [5.74, 6) is -1.08. The van der Waals surface area contributed by atoms with Gasteiger partial charge in [-0.2, -0.15) is 0 Å². The number of aliphatic hydroxyl groups is 1. The molecule has 0 fully saturated rings. The van der Waals surface area contributed by atoms with E-state index in [1.54, 1.807) is 6.92 Å². The van der Waals surface area contributed by atoms with Crippen LogP contribution in [0.25, 0.3) is 0 Å². The first kappa shape index (κ1) is 11.9. The van der Waals surface area contributed by atoms with Crippen molar-refractivity contribution in [2.75, 3.05) is 6.54 Å². The second kappa shape index (κ2) is 5.09. The van der Waals surface area contributed by atoms with E-state index in [0.29, 0.717) is 0 Å². The van der Waals surface area contributed by atoms with E-state index in [0.717, 1.165) is 6.07 Å². The lowest BCUT2D eigenvalue weighted by Crippen LogP contribution is -2.30. The molecule has 1 amide bonds. The molecule has 82 valence electrons. The molecule has 0 aliphatic rings. The Hall–Kier alpha value is -1.13. The van der Waals surface area contributed by atoms with Gasteiger partial charge < -0.3 is 10.4 Å². The predicted molar refractivity (Wildman–Crippen MR) is 55.4 cm³/mol. The molecule has 1 atom stereocenters. The number of benzene rings is 1. The summed E-state index contributed by atoms with van der Waals surface area (Å²) < 4.78 is 13.0. The highest BCUT2D eigenvalue weighted by Crippen LogP contribution is 2.15. The first-order valence-electron chi connectivity index (χ1n) is 4.42. The van der Waals surface area contributed by atoms with Crippen LogP contribution in [-0.4, -0.2) is 23.7 Å². The Bertz CT molecular complexity index is 368. The molecule has 2 N–H and O–H groups in total. The van der Waals surface area contributed by atoms with Gasteiger partial charge in [0.1, 0.15) is 5.82 Å². The Morgan fingerprint density at radius 3 is 2.87 bits per heavy atom. The van der Waals surface area contributed by atoms with Crippen molar-refractivity contribution in [2.45, 2.75) is 13.0 Å². The van der Waals surface area contributed by atoms with Crippen LogP contribution in [-0.2, 0) is 0 Å². The monoisotopic (exact) mass is 231 g/mol. The van der Waals surface area contributed by atoms with Crippen LogP contribution in [0.3, 0.4) is 0 Å². The van der Waals surface area contributed by atoms with Crippen LogP contribution in [0.5, 0.6) is 0 Å². The quantitative estimate of drug-likeness (QED) is 0.830. The van der Waals surface area contributed by atoms with Gasteiger partial charge in [0.25, 0.3) is 5.91 Å². The Morgan fingerprint density at radius 2 is 2.33 bits per heavy atom.